The summed E-state index contributed by atoms with van der Waals surface area (Å²) < 4.78 is 28.4. The van der Waals surface area contributed by atoms with Gasteiger partial charge in [-0.3, -0.25) is 4.79 Å². The number of rotatable bonds is 6. The van der Waals surface area contributed by atoms with E-state index < -0.39 is 6.61 Å². The summed E-state index contributed by atoms with van der Waals surface area (Å²) in [4.78, 5) is 11.9. The molecule has 0 radical (unpaired) electrons. The summed E-state index contributed by atoms with van der Waals surface area (Å²) in [7, 11) is 0. The highest BCUT2D eigenvalue weighted by molar-refractivity contribution is 5.94. The molecule has 0 spiro atoms. The minimum absolute atomic E-state index is 0.0410. The Balaban J connectivity index is 2.67. The zero-order valence-electron chi connectivity index (χ0n) is 11.0. The number of benzene rings is 1. The SMILES string of the molecule is CC(C)(CN)CNC(=O)c1cccc(OC(F)F)c1. The Labute approximate surface area is 110 Å². The van der Waals surface area contributed by atoms with Gasteiger partial charge in [-0.2, -0.15) is 8.78 Å². The average molecular weight is 272 g/mol. The van der Waals surface area contributed by atoms with Crippen LogP contribution in [-0.2, 0) is 0 Å². The Morgan fingerprint density at radius 2 is 2.16 bits per heavy atom. The topological polar surface area (TPSA) is 64.3 Å². The summed E-state index contributed by atoms with van der Waals surface area (Å²) in [5.74, 6) is -0.387. The molecule has 1 aromatic carbocycles. The zero-order chi connectivity index (χ0) is 14.5. The monoisotopic (exact) mass is 272 g/mol. The lowest BCUT2D eigenvalue weighted by Crippen LogP contribution is -2.38. The van der Waals surface area contributed by atoms with Crippen LogP contribution in [0.3, 0.4) is 0 Å². The van der Waals surface area contributed by atoms with E-state index in [1.54, 1.807) is 0 Å². The van der Waals surface area contributed by atoms with Gasteiger partial charge in [0.2, 0.25) is 0 Å². The van der Waals surface area contributed by atoms with Gasteiger partial charge in [0, 0.05) is 12.1 Å². The summed E-state index contributed by atoms with van der Waals surface area (Å²) in [5.41, 5.74) is 5.61. The summed E-state index contributed by atoms with van der Waals surface area (Å²) in [5, 5.41) is 2.71. The molecule has 106 valence electrons. The van der Waals surface area contributed by atoms with E-state index in [4.69, 9.17) is 5.73 Å². The molecule has 1 amide bonds. The van der Waals surface area contributed by atoms with Crippen molar-refractivity contribution in [3.05, 3.63) is 29.8 Å². The third-order valence-electron chi connectivity index (χ3n) is 2.60. The minimum atomic E-state index is -2.91. The number of carbonyl (C=O) groups excluding carboxylic acids is 1. The number of amides is 1. The van der Waals surface area contributed by atoms with E-state index in [1.165, 1.54) is 24.3 Å². The standard InChI is InChI=1S/C13H18F2N2O2/c1-13(2,7-16)8-17-11(18)9-4-3-5-10(6-9)19-12(14)15/h3-6,12H,7-8,16H2,1-2H3,(H,17,18). The third-order valence-corrected chi connectivity index (χ3v) is 2.60. The zero-order valence-corrected chi connectivity index (χ0v) is 11.0. The van der Waals surface area contributed by atoms with Gasteiger partial charge in [0.25, 0.3) is 5.91 Å². The first-order chi connectivity index (χ1) is 8.84. The largest absolute Gasteiger partial charge is 0.435 e. The maximum atomic E-state index is 12.1. The smallest absolute Gasteiger partial charge is 0.387 e. The highest BCUT2D eigenvalue weighted by atomic mass is 19.3. The van der Waals surface area contributed by atoms with Crippen molar-refractivity contribution < 1.29 is 18.3 Å². The van der Waals surface area contributed by atoms with Crippen LogP contribution < -0.4 is 15.8 Å². The first-order valence-electron chi connectivity index (χ1n) is 5.87. The Bertz CT molecular complexity index is 436. The first-order valence-corrected chi connectivity index (χ1v) is 5.87. The van der Waals surface area contributed by atoms with E-state index >= 15 is 0 Å². The van der Waals surface area contributed by atoms with Crippen LogP contribution in [0.5, 0.6) is 5.75 Å². The lowest BCUT2D eigenvalue weighted by molar-refractivity contribution is -0.0498. The van der Waals surface area contributed by atoms with Crippen molar-refractivity contribution in [3.63, 3.8) is 0 Å². The summed E-state index contributed by atoms with van der Waals surface area (Å²) in [6.07, 6.45) is 0. The van der Waals surface area contributed by atoms with Crippen molar-refractivity contribution in [3.8, 4) is 5.75 Å². The maximum absolute atomic E-state index is 12.1. The van der Waals surface area contributed by atoms with Gasteiger partial charge in [0.05, 0.1) is 0 Å². The molecule has 0 aliphatic carbocycles. The van der Waals surface area contributed by atoms with Crippen LogP contribution in [0.2, 0.25) is 0 Å². The molecule has 0 unspecified atom stereocenters. The fraction of sp³-hybridized carbons (Fsp3) is 0.462. The van der Waals surface area contributed by atoms with Gasteiger partial charge in [-0.1, -0.05) is 19.9 Å². The van der Waals surface area contributed by atoms with Crippen LogP contribution in [0, 0.1) is 5.41 Å². The second-order valence-corrected chi connectivity index (χ2v) is 4.96. The Morgan fingerprint density at radius 3 is 2.74 bits per heavy atom. The highest BCUT2D eigenvalue weighted by Crippen LogP contribution is 2.16. The van der Waals surface area contributed by atoms with Crippen LogP contribution >= 0.6 is 0 Å². The lowest BCUT2D eigenvalue weighted by atomic mass is 9.94. The van der Waals surface area contributed by atoms with Gasteiger partial charge in [0.1, 0.15) is 5.75 Å². The van der Waals surface area contributed by atoms with Crippen LogP contribution in [0.1, 0.15) is 24.2 Å². The van der Waals surface area contributed by atoms with Crippen LogP contribution in [0.25, 0.3) is 0 Å². The Morgan fingerprint density at radius 1 is 1.47 bits per heavy atom. The van der Waals surface area contributed by atoms with E-state index in [-0.39, 0.29) is 22.6 Å². The van der Waals surface area contributed by atoms with E-state index in [2.05, 4.69) is 10.1 Å². The van der Waals surface area contributed by atoms with Crippen LogP contribution in [0.4, 0.5) is 8.78 Å². The fourth-order valence-corrected chi connectivity index (χ4v) is 1.31. The average Bonchev–Trinajstić information content (AvgIpc) is 2.35. The maximum Gasteiger partial charge on any atom is 0.387 e. The van der Waals surface area contributed by atoms with Gasteiger partial charge in [-0.25, -0.2) is 0 Å². The second-order valence-electron chi connectivity index (χ2n) is 4.96. The van der Waals surface area contributed by atoms with Crippen LogP contribution in [0.15, 0.2) is 24.3 Å². The van der Waals surface area contributed by atoms with Gasteiger partial charge in [-0.15, -0.1) is 0 Å². The second kappa shape index (κ2) is 6.47. The molecule has 0 bridgehead atoms. The third kappa shape index (κ3) is 5.21. The molecule has 0 atom stereocenters. The quantitative estimate of drug-likeness (QED) is 0.832. The summed E-state index contributed by atoms with van der Waals surface area (Å²) in [6, 6.07) is 5.66. The van der Waals surface area contributed by atoms with Crippen molar-refractivity contribution in [1.82, 2.24) is 5.32 Å². The van der Waals surface area contributed by atoms with Crippen LogP contribution in [-0.4, -0.2) is 25.6 Å². The van der Waals surface area contributed by atoms with Crippen molar-refractivity contribution in [1.29, 1.82) is 0 Å². The van der Waals surface area contributed by atoms with Crippen molar-refractivity contribution in [2.45, 2.75) is 20.5 Å². The fourth-order valence-electron chi connectivity index (χ4n) is 1.31. The summed E-state index contributed by atoms with van der Waals surface area (Å²) in [6.45, 7) is 1.77. The number of nitrogens with one attached hydrogen (secondary N) is 1. The molecule has 0 fully saturated rings. The molecule has 3 N–H and O–H groups in total. The van der Waals surface area contributed by atoms with Gasteiger partial charge in [0.15, 0.2) is 0 Å². The van der Waals surface area contributed by atoms with Crippen molar-refractivity contribution in [2.75, 3.05) is 13.1 Å². The Kier molecular flexibility index (Phi) is 5.23. The summed E-state index contributed by atoms with van der Waals surface area (Å²) >= 11 is 0. The molecule has 19 heavy (non-hydrogen) atoms. The van der Waals surface area contributed by atoms with Crippen molar-refractivity contribution in [2.24, 2.45) is 11.1 Å². The molecule has 0 heterocycles. The molecule has 1 aromatic rings. The molecule has 1 rings (SSSR count). The number of hydrogen-bond donors (Lipinski definition) is 2. The van der Waals surface area contributed by atoms with Gasteiger partial charge >= 0.3 is 6.61 Å². The number of hydrogen-bond acceptors (Lipinski definition) is 3. The molecule has 0 aliphatic rings. The molecular weight excluding hydrogens is 254 g/mol. The van der Waals surface area contributed by atoms with E-state index in [0.717, 1.165) is 0 Å². The van der Waals surface area contributed by atoms with Gasteiger partial charge < -0.3 is 15.8 Å². The first kappa shape index (κ1) is 15.4. The highest BCUT2D eigenvalue weighted by Gasteiger charge is 2.17. The molecule has 0 aliphatic heterocycles. The predicted molar refractivity (Wildman–Crippen MR) is 68.2 cm³/mol. The molecule has 4 nitrogen and oxygen atoms in total. The molecule has 6 heteroatoms. The van der Waals surface area contributed by atoms with Crippen molar-refractivity contribution >= 4 is 5.91 Å². The Hall–Kier alpha value is -1.69. The molecular formula is C13H18F2N2O2. The number of ether oxygens (including phenoxy) is 1. The predicted octanol–water partition coefficient (Wildman–Crippen LogP) is 2.00. The number of halogens is 2. The normalized spacial score (nSPS) is 11.5. The van der Waals surface area contributed by atoms with Gasteiger partial charge in [-0.05, 0) is 30.2 Å². The minimum Gasteiger partial charge on any atom is -0.435 e. The van der Waals surface area contributed by atoms with E-state index in [1.807, 2.05) is 13.8 Å². The lowest BCUT2D eigenvalue weighted by Gasteiger charge is -2.22. The van der Waals surface area contributed by atoms with E-state index in [9.17, 15) is 13.6 Å². The number of carbonyl (C=O) groups is 1. The molecule has 0 aromatic heterocycles. The molecule has 0 saturated heterocycles. The molecule has 0 saturated carbocycles. The van der Waals surface area contributed by atoms with E-state index in [0.29, 0.717) is 13.1 Å². The number of nitrogens with two attached hydrogens (primary N) is 1. The number of alkyl halides is 2.